The van der Waals surface area contributed by atoms with Gasteiger partial charge in [0.15, 0.2) is 11.7 Å². The highest BCUT2D eigenvalue weighted by atomic mass is 19.3. The fraction of sp³-hybridized carbons (Fsp3) is 0.385. The molecule has 0 spiro atoms. The zero-order valence-corrected chi connectivity index (χ0v) is 19.0. The third-order valence-electron chi connectivity index (χ3n) is 5.54. The summed E-state index contributed by atoms with van der Waals surface area (Å²) in [7, 11) is 0. The molecule has 1 aromatic carbocycles. The standard InChI is InChI=1S/C26H27F7O/c1-4-5-18-11-20-7-6-19(13-21(20)12-18)16(2)10-25(31)23(15-28)26(32,33)34-22(8-9-27)14-24(30)17(3)29/h6-8,10,13-14,18H,3-5,9,11-12,15H2,1-2H3/b16-10+,22-8+,24-14+,25-23-. The molecule has 2 rings (SSSR count). The second kappa shape index (κ2) is 12.1. The molecule has 0 saturated heterocycles. The number of halogens is 7. The molecule has 34 heavy (non-hydrogen) atoms. The van der Waals surface area contributed by atoms with Crippen molar-refractivity contribution in [3.8, 4) is 0 Å². The first kappa shape index (κ1) is 27.5. The van der Waals surface area contributed by atoms with Gasteiger partial charge < -0.3 is 4.74 Å². The number of alkyl halides is 4. The van der Waals surface area contributed by atoms with Gasteiger partial charge in [0.1, 0.15) is 30.5 Å². The summed E-state index contributed by atoms with van der Waals surface area (Å²) in [5.74, 6) is -5.52. The molecule has 186 valence electrons. The number of hydrogen-bond acceptors (Lipinski definition) is 1. The molecule has 0 saturated carbocycles. The molecular formula is C26H27F7O. The van der Waals surface area contributed by atoms with E-state index >= 15 is 0 Å². The van der Waals surface area contributed by atoms with Crippen LogP contribution in [0.1, 0.15) is 43.4 Å². The maximum Gasteiger partial charge on any atom is 0.428 e. The smallest absolute Gasteiger partial charge is 0.428 e. The summed E-state index contributed by atoms with van der Waals surface area (Å²) in [4.78, 5) is 0. The van der Waals surface area contributed by atoms with E-state index in [-0.39, 0.29) is 11.6 Å². The zero-order chi connectivity index (χ0) is 25.5. The van der Waals surface area contributed by atoms with E-state index in [9.17, 15) is 30.7 Å². The van der Waals surface area contributed by atoms with E-state index in [0.717, 1.165) is 37.3 Å². The van der Waals surface area contributed by atoms with Crippen LogP contribution >= 0.6 is 0 Å². The predicted octanol–water partition coefficient (Wildman–Crippen LogP) is 8.60. The Labute approximate surface area is 195 Å². The Balaban J connectivity index is 2.32. The number of hydrogen-bond donors (Lipinski definition) is 0. The maximum absolute atomic E-state index is 14.7. The van der Waals surface area contributed by atoms with Crippen molar-refractivity contribution >= 4 is 5.57 Å². The van der Waals surface area contributed by atoms with Crippen LogP contribution in [0.5, 0.6) is 0 Å². The molecule has 1 aliphatic carbocycles. The van der Waals surface area contributed by atoms with Crippen LogP contribution in [0, 0.1) is 5.92 Å². The first-order valence-electron chi connectivity index (χ1n) is 10.8. The molecule has 0 N–H and O–H groups in total. The molecule has 0 amide bonds. The molecular weight excluding hydrogens is 461 g/mol. The Morgan fingerprint density at radius 2 is 1.79 bits per heavy atom. The SMILES string of the molecule is C=C(F)/C(F)=C\C(=C/CF)OC(F)(F)/C(CF)=C(F)/C=C(\C)c1ccc2c(c1)CC(CCC)C2. The van der Waals surface area contributed by atoms with Crippen molar-refractivity contribution in [2.24, 2.45) is 5.92 Å². The van der Waals surface area contributed by atoms with Crippen LogP contribution in [-0.2, 0) is 17.6 Å². The Morgan fingerprint density at radius 1 is 1.12 bits per heavy atom. The molecule has 0 aromatic heterocycles. The normalized spacial score (nSPS) is 18.0. The van der Waals surface area contributed by atoms with Crippen LogP contribution in [0.2, 0.25) is 0 Å². The van der Waals surface area contributed by atoms with Crippen molar-refractivity contribution in [1.82, 2.24) is 0 Å². The summed E-state index contributed by atoms with van der Waals surface area (Å²) in [5, 5.41) is 0. The van der Waals surface area contributed by atoms with Gasteiger partial charge in [-0.2, -0.15) is 8.78 Å². The second-order valence-electron chi connectivity index (χ2n) is 8.11. The number of benzene rings is 1. The van der Waals surface area contributed by atoms with Gasteiger partial charge in [-0.05, 0) is 60.1 Å². The van der Waals surface area contributed by atoms with E-state index in [1.165, 1.54) is 12.5 Å². The van der Waals surface area contributed by atoms with Gasteiger partial charge in [-0.25, -0.2) is 22.0 Å². The molecule has 0 bridgehead atoms. The largest absolute Gasteiger partial charge is 0.429 e. The van der Waals surface area contributed by atoms with Crippen LogP contribution in [0.15, 0.2) is 71.8 Å². The third-order valence-corrected chi connectivity index (χ3v) is 5.54. The van der Waals surface area contributed by atoms with E-state index in [1.54, 1.807) is 6.07 Å². The fourth-order valence-corrected chi connectivity index (χ4v) is 3.83. The van der Waals surface area contributed by atoms with Gasteiger partial charge >= 0.3 is 6.11 Å². The Morgan fingerprint density at radius 3 is 2.38 bits per heavy atom. The monoisotopic (exact) mass is 488 g/mol. The Kier molecular flexibility index (Phi) is 9.77. The van der Waals surface area contributed by atoms with Crippen molar-refractivity contribution < 1.29 is 35.5 Å². The molecule has 0 aliphatic heterocycles. The van der Waals surface area contributed by atoms with Crippen LogP contribution in [0.3, 0.4) is 0 Å². The molecule has 1 aliphatic rings. The lowest BCUT2D eigenvalue weighted by Gasteiger charge is -2.20. The molecule has 1 unspecified atom stereocenters. The number of allylic oxidation sites excluding steroid dienone is 7. The first-order valence-corrected chi connectivity index (χ1v) is 10.8. The van der Waals surface area contributed by atoms with Crippen LogP contribution in [0.25, 0.3) is 5.57 Å². The van der Waals surface area contributed by atoms with Crippen molar-refractivity contribution in [3.63, 3.8) is 0 Å². The molecule has 0 fully saturated rings. The van der Waals surface area contributed by atoms with Crippen molar-refractivity contribution in [3.05, 3.63) is 88.5 Å². The summed E-state index contributed by atoms with van der Waals surface area (Å²) >= 11 is 0. The average Bonchev–Trinajstić information content (AvgIpc) is 3.15. The van der Waals surface area contributed by atoms with Crippen molar-refractivity contribution in [2.75, 3.05) is 13.3 Å². The molecule has 1 nitrogen and oxygen atoms in total. The molecule has 0 heterocycles. The number of fused-ring (bicyclic) bond motifs is 1. The van der Waals surface area contributed by atoms with E-state index in [0.29, 0.717) is 17.6 Å². The van der Waals surface area contributed by atoms with Crippen molar-refractivity contribution in [2.45, 2.75) is 45.6 Å². The number of ether oxygens (including phenoxy) is 1. The average molecular weight is 488 g/mol. The molecule has 0 radical (unpaired) electrons. The zero-order valence-electron chi connectivity index (χ0n) is 19.0. The molecule has 8 heteroatoms. The quantitative estimate of drug-likeness (QED) is 0.172. The van der Waals surface area contributed by atoms with Gasteiger partial charge in [0.2, 0.25) is 0 Å². The third kappa shape index (κ3) is 7.11. The minimum absolute atomic E-state index is 0.112. The highest BCUT2D eigenvalue weighted by Crippen LogP contribution is 2.35. The van der Waals surface area contributed by atoms with E-state index in [4.69, 9.17) is 0 Å². The number of rotatable bonds is 11. The Hall–Kier alpha value is -2.77. The van der Waals surface area contributed by atoms with E-state index in [1.807, 2.05) is 12.1 Å². The topological polar surface area (TPSA) is 9.23 Å². The highest BCUT2D eigenvalue weighted by molar-refractivity contribution is 5.67. The highest BCUT2D eigenvalue weighted by Gasteiger charge is 2.40. The summed E-state index contributed by atoms with van der Waals surface area (Å²) in [5.41, 5.74) is 1.50. The van der Waals surface area contributed by atoms with Gasteiger partial charge in [0, 0.05) is 6.08 Å². The lowest BCUT2D eigenvalue weighted by atomic mass is 10.00. The first-order chi connectivity index (χ1) is 16.0. The van der Waals surface area contributed by atoms with Gasteiger partial charge in [-0.15, -0.1) is 0 Å². The molecule has 1 aromatic rings. The van der Waals surface area contributed by atoms with Gasteiger partial charge in [0.25, 0.3) is 0 Å². The summed E-state index contributed by atoms with van der Waals surface area (Å²) in [6.07, 6.45) is 0.612. The van der Waals surface area contributed by atoms with Crippen LogP contribution in [-0.4, -0.2) is 19.5 Å². The van der Waals surface area contributed by atoms with Gasteiger partial charge in [-0.1, -0.05) is 44.5 Å². The second-order valence-corrected chi connectivity index (χ2v) is 8.11. The van der Waals surface area contributed by atoms with E-state index < -0.39 is 48.3 Å². The van der Waals surface area contributed by atoms with Crippen LogP contribution < -0.4 is 0 Å². The van der Waals surface area contributed by atoms with Gasteiger partial charge in [-0.3, -0.25) is 0 Å². The maximum atomic E-state index is 14.7. The lowest BCUT2D eigenvalue weighted by Crippen LogP contribution is -2.25. The minimum Gasteiger partial charge on any atom is -0.429 e. The minimum atomic E-state index is -4.60. The van der Waals surface area contributed by atoms with Crippen LogP contribution in [0.4, 0.5) is 30.7 Å². The predicted molar refractivity (Wildman–Crippen MR) is 120 cm³/mol. The van der Waals surface area contributed by atoms with Crippen molar-refractivity contribution in [1.29, 1.82) is 0 Å². The Bertz CT molecular complexity index is 1020. The summed E-state index contributed by atoms with van der Waals surface area (Å²) in [6.45, 7) is 2.93. The summed E-state index contributed by atoms with van der Waals surface area (Å²) in [6, 6.07) is 5.53. The molecule has 1 atom stereocenters. The fourth-order valence-electron chi connectivity index (χ4n) is 3.83. The van der Waals surface area contributed by atoms with E-state index in [2.05, 4.69) is 18.2 Å². The lowest BCUT2D eigenvalue weighted by molar-refractivity contribution is -0.183. The summed E-state index contributed by atoms with van der Waals surface area (Å²) < 4.78 is 100. The van der Waals surface area contributed by atoms with Gasteiger partial charge in [0.05, 0.1) is 0 Å².